The van der Waals surface area contributed by atoms with Crippen LogP contribution in [0.3, 0.4) is 0 Å². The van der Waals surface area contributed by atoms with Gasteiger partial charge in [0.2, 0.25) is 0 Å². The van der Waals surface area contributed by atoms with Crippen LogP contribution in [0.15, 0.2) is 38.6 Å². The molecule has 0 amide bonds. The van der Waals surface area contributed by atoms with Crippen molar-refractivity contribution in [1.29, 1.82) is 0 Å². The molecular formula is C9H7BrN2O2S. The molecule has 0 spiro atoms. The number of rotatable bonds is 2. The van der Waals surface area contributed by atoms with Gasteiger partial charge in [0.25, 0.3) is 0 Å². The summed E-state index contributed by atoms with van der Waals surface area (Å²) in [6.07, 6.45) is 4.50. The van der Waals surface area contributed by atoms with Gasteiger partial charge in [0.15, 0.2) is 5.76 Å². The van der Waals surface area contributed by atoms with Gasteiger partial charge in [0.1, 0.15) is 17.0 Å². The van der Waals surface area contributed by atoms with Crippen molar-refractivity contribution < 1.29 is 8.63 Å². The summed E-state index contributed by atoms with van der Waals surface area (Å²) in [5, 5.41) is 0.469. The molecule has 1 unspecified atom stereocenters. The average Bonchev–Trinajstić information content (AvgIpc) is 2.70. The molecule has 78 valence electrons. The van der Waals surface area contributed by atoms with E-state index in [-0.39, 0.29) is 0 Å². The van der Waals surface area contributed by atoms with E-state index >= 15 is 0 Å². The van der Waals surface area contributed by atoms with Crippen LogP contribution >= 0.6 is 15.9 Å². The van der Waals surface area contributed by atoms with Crippen LogP contribution in [0.2, 0.25) is 0 Å². The van der Waals surface area contributed by atoms with Crippen LogP contribution in [0.1, 0.15) is 0 Å². The van der Waals surface area contributed by atoms with Crippen molar-refractivity contribution in [2.45, 2.75) is 5.03 Å². The minimum atomic E-state index is -1.15. The monoisotopic (exact) mass is 286 g/mol. The molecule has 0 aliphatic heterocycles. The second kappa shape index (κ2) is 4.24. The van der Waals surface area contributed by atoms with E-state index < -0.39 is 10.8 Å². The predicted octanol–water partition coefficient (Wildman–Crippen LogP) is 2.24. The van der Waals surface area contributed by atoms with Crippen molar-refractivity contribution in [2.24, 2.45) is 0 Å². The minimum Gasteiger partial charge on any atom is -0.463 e. The topological polar surface area (TPSA) is 56.0 Å². The van der Waals surface area contributed by atoms with E-state index in [1.54, 1.807) is 24.7 Å². The Bertz CT molecular complexity index is 499. The molecule has 0 N–H and O–H groups in total. The van der Waals surface area contributed by atoms with Gasteiger partial charge in [0.05, 0.1) is 21.5 Å². The third kappa shape index (κ3) is 2.00. The second-order valence-corrected chi connectivity index (χ2v) is 4.86. The van der Waals surface area contributed by atoms with Crippen LogP contribution in [0, 0.1) is 0 Å². The van der Waals surface area contributed by atoms with Crippen molar-refractivity contribution in [3.8, 4) is 11.5 Å². The summed E-state index contributed by atoms with van der Waals surface area (Å²) in [5.41, 5.74) is 0.611. The molecule has 0 fully saturated rings. The molecule has 2 heterocycles. The lowest BCUT2D eigenvalue weighted by Crippen LogP contribution is -1.97. The van der Waals surface area contributed by atoms with Crippen LogP contribution in [-0.4, -0.2) is 20.4 Å². The summed E-state index contributed by atoms with van der Waals surface area (Å²) in [6, 6.07) is 3.56. The van der Waals surface area contributed by atoms with E-state index in [2.05, 4.69) is 25.9 Å². The molecule has 0 aliphatic carbocycles. The first kappa shape index (κ1) is 10.5. The van der Waals surface area contributed by atoms with Crippen molar-refractivity contribution in [1.82, 2.24) is 9.97 Å². The van der Waals surface area contributed by atoms with Gasteiger partial charge in [-0.1, -0.05) is 0 Å². The Hall–Kier alpha value is -1.01. The van der Waals surface area contributed by atoms with E-state index in [1.165, 1.54) is 6.33 Å². The van der Waals surface area contributed by atoms with E-state index in [4.69, 9.17) is 4.42 Å². The van der Waals surface area contributed by atoms with Gasteiger partial charge in [0, 0.05) is 6.26 Å². The van der Waals surface area contributed by atoms with Crippen molar-refractivity contribution in [3.05, 3.63) is 29.2 Å². The first-order chi connectivity index (χ1) is 7.20. The predicted molar refractivity (Wildman–Crippen MR) is 59.8 cm³/mol. The third-order valence-electron chi connectivity index (χ3n) is 1.78. The number of furan rings is 1. The summed E-state index contributed by atoms with van der Waals surface area (Å²) in [6.45, 7) is 0. The quantitative estimate of drug-likeness (QED) is 0.795. The smallest absolute Gasteiger partial charge is 0.153 e. The van der Waals surface area contributed by atoms with Crippen molar-refractivity contribution in [3.63, 3.8) is 0 Å². The van der Waals surface area contributed by atoms with Gasteiger partial charge < -0.3 is 4.42 Å². The average molecular weight is 287 g/mol. The molecule has 0 saturated carbocycles. The fraction of sp³-hybridized carbons (Fsp3) is 0.111. The van der Waals surface area contributed by atoms with Crippen LogP contribution in [0.25, 0.3) is 11.5 Å². The van der Waals surface area contributed by atoms with Gasteiger partial charge >= 0.3 is 0 Å². The molecule has 0 aromatic carbocycles. The Labute approximate surface area is 97.3 Å². The van der Waals surface area contributed by atoms with Gasteiger partial charge in [-0.25, -0.2) is 9.97 Å². The van der Waals surface area contributed by atoms with E-state index in [1.807, 2.05) is 0 Å². The molecule has 0 bridgehead atoms. The second-order valence-electron chi connectivity index (χ2n) is 2.77. The Morgan fingerprint density at radius 1 is 1.47 bits per heavy atom. The highest BCUT2D eigenvalue weighted by Crippen LogP contribution is 2.29. The fourth-order valence-corrected chi connectivity index (χ4v) is 2.77. The summed E-state index contributed by atoms with van der Waals surface area (Å²) in [7, 11) is -1.15. The molecule has 15 heavy (non-hydrogen) atoms. The Balaban J connectivity index is 2.59. The first-order valence-corrected chi connectivity index (χ1v) is 6.43. The maximum absolute atomic E-state index is 11.3. The number of aromatic nitrogens is 2. The first-order valence-electron chi connectivity index (χ1n) is 4.08. The van der Waals surface area contributed by atoms with Crippen molar-refractivity contribution >= 4 is 26.7 Å². The summed E-state index contributed by atoms with van der Waals surface area (Å²) < 4.78 is 17.2. The Morgan fingerprint density at radius 3 is 2.87 bits per heavy atom. The number of halogens is 1. The van der Waals surface area contributed by atoms with E-state index in [9.17, 15) is 4.21 Å². The lowest BCUT2D eigenvalue weighted by molar-refractivity contribution is 0.579. The van der Waals surface area contributed by atoms with Gasteiger partial charge in [-0.15, -0.1) is 0 Å². The van der Waals surface area contributed by atoms with Crippen LogP contribution in [0.4, 0.5) is 0 Å². The van der Waals surface area contributed by atoms with Gasteiger partial charge in [-0.2, -0.15) is 0 Å². The zero-order chi connectivity index (χ0) is 10.8. The van der Waals surface area contributed by atoms with Crippen molar-refractivity contribution in [2.75, 3.05) is 6.26 Å². The molecule has 1 atom stereocenters. The number of hydrogen-bond acceptors (Lipinski definition) is 4. The van der Waals surface area contributed by atoms with E-state index in [0.29, 0.717) is 21.0 Å². The molecule has 6 heteroatoms. The van der Waals surface area contributed by atoms with Crippen LogP contribution in [0.5, 0.6) is 0 Å². The highest BCUT2D eigenvalue weighted by Gasteiger charge is 2.14. The normalized spacial score (nSPS) is 12.7. The fourth-order valence-electron chi connectivity index (χ4n) is 1.14. The largest absolute Gasteiger partial charge is 0.463 e. The standard InChI is InChI=1S/C9H7BrN2O2S/c1-15(13)9-7(10)8(11-5-12-9)6-3-2-4-14-6/h2-5H,1H3. The molecular weight excluding hydrogens is 280 g/mol. The zero-order valence-electron chi connectivity index (χ0n) is 7.81. The molecule has 2 aromatic rings. The molecule has 4 nitrogen and oxygen atoms in total. The highest BCUT2D eigenvalue weighted by atomic mass is 79.9. The maximum Gasteiger partial charge on any atom is 0.153 e. The Morgan fingerprint density at radius 2 is 2.27 bits per heavy atom. The van der Waals surface area contributed by atoms with Crippen LogP contribution in [-0.2, 0) is 10.8 Å². The minimum absolute atomic E-state index is 0.469. The number of hydrogen-bond donors (Lipinski definition) is 0. The molecule has 0 radical (unpaired) electrons. The molecule has 0 saturated heterocycles. The third-order valence-corrected chi connectivity index (χ3v) is 3.65. The molecule has 2 aromatic heterocycles. The van der Waals surface area contributed by atoms with Gasteiger partial charge in [-0.05, 0) is 28.1 Å². The highest BCUT2D eigenvalue weighted by molar-refractivity contribution is 9.10. The zero-order valence-corrected chi connectivity index (χ0v) is 10.2. The van der Waals surface area contributed by atoms with E-state index in [0.717, 1.165) is 0 Å². The lowest BCUT2D eigenvalue weighted by Gasteiger charge is -2.02. The molecule has 0 aliphatic rings. The van der Waals surface area contributed by atoms with Gasteiger partial charge in [-0.3, -0.25) is 4.21 Å². The maximum atomic E-state index is 11.3. The Kier molecular flexibility index (Phi) is 2.97. The summed E-state index contributed by atoms with van der Waals surface area (Å²) in [4.78, 5) is 8.03. The lowest BCUT2D eigenvalue weighted by atomic mass is 10.3. The SMILES string of the molecule is CS(=O)c1ncnc(-c2ccco2)c1Br. The summed E-state index contributed by atoms with van der Waals surface area (Å²) >= 11 is 3.33. The van der Waals surface area contributed by atoms with Crippen LogP contribution < -0.4 is 0 Å². The molecule has 2 rings (SSSR count). The summed E-state index contributed by atoms with van der Waals surface area (Å²) in [5.74, 6) is 0.621. The number of nitrogens with zero attached hydrogens (tertiary/aromatic N) is 2.